The highest BCUT2D eigenvalue weighted by Crippen LogP contribution is 2.19. The van der Waals surface area contributed by atoms with Crippen LogP contribution in [0.25, 0.3) is 0 Å². The van der Waals surface area contributed by atoms with Crippen molar-refractivity contribution in [2.45, 2.75) is 26.3 Å². The van der Waals surface area contributed by atoms with E-state index in [9.17, 15) is 0 Å². The second kappa shape index (κ2) is 4.54. The minimum absolute atomic E-state index is 0.0597. The maximum Gasteiger partial charge on any atom is 0.120 e. The number of furan rings is 1. The molecule has 2 nitrogen and oxygen atoms in total. The van der Waals surface area contributed by atoms with Gasteiger partial charge < -0.3 is 10.2 Å². The van der Waals surface area contributed by atoms with Crippen LogP contribution in [0.2, 0.25) is 0 Å². The topological polar surface area (TPSA) is 39.2 Å². The largest absolute Gasteiger partial charge is 0.468 e. The van der Waals surface area contributed by atoms with E-state index >= 15 is 0 Å². The molecule has 0 bridgehead atoms. The fraction of sp³-hybridized carbons (Fsp3) is 0.286. The first-order valence-electron chi connectivity index (χ1n) is 5.52. The number of rotatable bonds is 3. The van der Waals surface area contributed by atoms with Crippen LogP contribution in [0.3, 0.4) is 0 Å². The molecule has 84 valence electrons. The summed E-state index contributed by atoms with van der Waals surface area (Å²) in [6.45, 7) is 4.21. The average Bonchev–Trinajstić information content (AvgIpc) is 2.76. The summed E-state index contributed by atoms with van der Waals surface area (Å²) in [7, 11) is 0. The van der Waals surface area contributed by atoms with Crippen LogP contribution in [0.5, 0.6) is 0 Å². The van der Waals surface area contributed by atoms with Crippen molar-refractivity contribution in [3.05, 3.63) is 59.0 Å². The summed E-state index contributed by atoms with van der Waals surface area (Å²) < 4.78 is 5.31. The van der Waals surface area contributed by atoms with E-state index in [1.807, 2.05) is 12.1 Å². The summed E-state index contributed by atoms with van der Waals surface area (Å²) in [6.07, 6.45) is 2.49. The van der Waals surface area contributed by atoms with Crippen LogP contribution in [0.4, 0.5) is 0 Å². The Morgan fingerprint density at radius 3 is 2.75 bits per heavy atom. The molecule has 2 heteroatoms. The monoisotopic (exact) mass is 215 g/mol. The first-order chi connectivity index (χ1) is 7.66. The second-order valence-corrected chi connectivity index (χ2v) is 4.26. The normalized spacial score (nSPS) is 12.7. The van der Waals surface area contributed by atoms with E-state index in [4.69, 9.17) is 10.2 Å². The van der Waals surface area contributed by atoms with Crippen molar-refractivity contribution in [1.82, 2.24) is 0 Å². The number of aryl methyl sites for hydroxylation is 2. The molecule has 16 heavy (non-hydrogen) atoms. The van der Waals surface area contributed by atoms with Crippen LogP contribution in [-0.2, 0) is 6.42 Å². The smallest absolute Gasteiger partial charge is 0.120 e. The SMILES string of the molecule is Cc1ccc(C)c(CC(N)c2ccco2)c1. The van der Waals surface area contributed by atoms with Crippen molar-refractivity contribution in [1.29, 1.82) is 0 Å². The van der Waals surface area contributed by atoms with Gasteiger partial charge in [0.05, 0.1) is 12.3 Å². The molecule has 1 unspecified atom stereocenters. The molecule has 1 aromatic heterocycles. The third-order valence-electron chi connectivity index (χ3n) is 2.85. The van der Waals surface area contributed by atoms with Crippen molar-refractivity contribution < 1.29 is 4.42 Å². The molecule has 0 aliphatic rings. The Morgan fingerprint density at radius 1 is 1.25 bits per heavy atom. The lowest BCUT2D eigenvalue weighted by molar-refractivity contribution is 0.464. The number of hydrogen-bond acceptors (Lipinski definition) is 2. The highest BCUT2D eigenvalue weighted by Gasteiger charge is 2.11. The molecule has 1 aromatic carbocycles. The molecule has 0 saturated carbocycles. The van der Waals surface area contributed by atoms with Crippen LogP contribution in [0.1, 0.15) is 28.5 Å². The molecular weight excluding hydrogens is 198 g/mol. The van der Waals surface area contributed by atoms with E-state index < -0.39 is 0 Å². The first kappa shape index (κ1) is 11.0. The van der Waals surface area contributed by atoms with Gasteiger partial charge in [-0.1, -0.05) is 23.8 Å². The van der Waals surface area contributed by atoms with E-state index in [-0.39, 0.29) is 6.04 Å². The summed E-state index contributed by atoms with van der Waals surface area (Å²) in [5.41, 5.74) is 9.95. The highest BCUT2D eigenvalue weighted by atomic mass is 16.3. The molecule has 2 rings (SSSR count). The molecule has 0 radical (unpaired) electrons. The second-order valence-electron chi connectivity index (χ2n) is 4.26. The van der Waals surface area contributed by atoms with Gasteiger partial charge in [-0.2, -0.15) is 0 Å². The molecular formula is C14H17NO. The minimum atomic E-state index is -0.0597. The molecule has 0 aliphatic heterocycles. The van der Waals surface area contributed by atoms with Crippen molar-refractivity contribution in [2.75, 3.05) is 0 Å². The van der Waals surface area contributed by atoms with Gasteiger partial charge >= 0.3 is 0 Å². The average molecular weight is 215 g/mol. The van der Waals surface area contributed by atoms with Gasteiger partial charge in [-0.15, -0.1) is 0 Å². The van der Waals surface area contributed by atoms with Crippen LogP contribution in [0.15, 0.2) is 41.0 Å². The maximum absolute atomic E-state index is 6.10. The fourth-order valence-corrected chi connectivity index (χ4v) is 1.86. The van der Waals surface area contributed by atoms with E-state index in [0.717, 1.165) is 12.2 Å². The number of nitrogens with two attached hydrogens (primary N) is 1. The Morgan fingerprint density at radius 2 is 2.06 bits per heavy atom. The van der Waals surface area contributed by atoms with Gasteiger partial charge in [0, 0.05) is 0 Å². The molecule has 1 heterocycles. The summed E-state index contributed by atoms with van der Waals surface area (Å²) in [5, 5.41) is 0. The van der Waals surface area contributed by atoms with E-state index in [2.05, 4.69) is 32.0 Å². The first-order valence-corrected chi connectivity index (χ1v) is 5.52. The van der Waals surface area contributed by atoms with Crippen molar-refractivity contribution in [3.8, 4) is 0 Å². The zero-order valence-corrected chi connectivity index (χ0v) is 9.73. The Bertz CT molecular complexity index is 460. The lowest BCUT2D eigenvalue weighted by atomic mass is 9.98. The molecule has 0 saturated heterocycles. The Balaban J connectivity index is 2.17. The van der Waals surface area contributed by atoms with Gasteiger partial charge in [0.1, 0.15) is 5.76 Å². The van der Waals surface area contributed by atoms with Crippen molar-refractivity contribution in [2.24, 2.45) is 5.73 Å². The standard InChI is InChI=1S/C14H17NO/c1-10-5-6-11(2)12(8-10)9-13(15)14-4-3-7-16-14/h3-8,13H,9,15H2,1-2H3. The molecule has 0 fully saturated rings. The highest BCUT2D eigenvalue weighted by molar-refractivity contribution is 5.31. The summed E-state index contributed by atoms with van der Waals surface area (Å²) in [4.78, 5) is 0. The van der Waals surface area contributed by atoms with Gasteiger partial charge in [0.15, 0.2) is 0 Å². The zero-order valence-electron chi connectivity index (χ0n) is 9.73. The predicted molar refractivity (Wildman–Crippen MR) is 65.3 cm³/mol. The third kappa shape index (κ3) is 2.34. The van der Waals surface area contributed by atoms with E-state index in [0.29, 0.717) is 0 Å². The van der Waals surface area contributed by atoms with Crippen molar-refractivity contribution in [3.63, 3.8) is 0 Å². The molecule has 1 atom stereocenters. The van der Waals surface area contributed by atoms with Crippen molar-refractivity contribution >= 4 is 0 Å². The molecule has 0 amide bonds. The Labute approximate surface area is 96.1 Å². The third-order valence-corrected chi connectivity index (χ3v) is 2.85. The molecule has 2 aromatic rings. The Kier molecular flexibility index (Phi) is 3.11. The number of hydrogen-bond donors (Lipinski definition) is 1. The van der Waals surface area contributed by atoms with Gasteiger partial charge in [0.25, 0.3) is 0 Å². The van der Waals surface area contributed by atoms with Crippen LogP contribution < -0.4 is 5.73 Å². The molecule has 2 N–H and O–H groups in total. The van der Waals surface area contributed by atoms with E-state index in [1.54, 1.807) is 6.26 Å². The van der Waals surface area contributed by atoms with Gasteiger partial charge in [-0.3, -0.25) is 0 Å². The molecule has 0 aliphatic carbocycles. The summed E-state index contributed by atoms with van der Waals surface area (Å²) >= 11 is 0. The summed E-state index contributed by atoms with van der Waals surface area (Å²) in [5.74, 6) is 0.848. The zero-order chi connectivity index (χ0) is 11.5. The predicted octanol–water partition coefficient (Wildman–Crippen LogP) is 3.14. The molecule has 0 spiro atoms. The van der Waals surface area contributed by atoms with Gasteiger partial charge in [-0.25, -0.2) is 0 Å². The Hall–Kier alpha value is -1.54. The lowest BCUT2D eigenvalue weighted by Crippen LogP contribution is -2.13. The van der Waals surface area contributed by atoms with Crippen LogP contribution in [-0.4, -0.2) is 0 Å². The maximum atomic E-state index is 6.10. The van der Waals surface area contributed by atoms with Crippen LogP contribution in [0, 0.1) is 13.8 Å². The van der Waals surface area contributed by atoms with E-state index in [1.165, 1.54) is 16.7 Å². The minimum Gasteiger partial charge on any atom is -0.468 e. The number of benzene rings is 1. The quantitative estimate of drug-likeness (QED) is 0.854. The fourth-order valence-electron chi connectivity index (χ4n) is 1.86. The van der Waals surface area contributed by atoms with Gasteiger partial charge in [-0.05, 0) is 43.5 Å². The van der Waals surface area contributed by atoms with Gasteiger partial charge in [0.2, 0.25) is 0 Å². The van der Waals surface area contributed by atoms with Crippen LogP contribution >= 0.6 is 0 Å². The summed E-state index contributed by atoms with van der Waals surface area (Å²) in [6, 6.07) is 10.2. The lowest BCUT2D eigenvalue weighted by Gasteiger charge is -2.11.